The summed E-state index contributed by atoms with van der Waals surface area (Å²) in [5, 5.41) is 18.0. The molecule has 6 nitrogen and oxygen atoms in total. The molecule has 3 rings (SSSR count). The number of azo groups is 1. The smallest absolute Gasteiger partial charge is 0.309 e. The number of benzene rings is 1. The lowest BCUT2D eigenvalue weighted by Crippen LogP contribution is -2.00. The van der Waals surface area contributed by atoms with Crippen molar-refractivity contribution < 1.29 is 9.90 Å². The lowest BCUT2D eigenvalue weighted by Gasteiger charge is -2.00. The molecule has 0 radical (unpaired) electrons. The summed E-state index contributed by atoms with van der Waals surface area (Å²) in [6.07, 6.45) is 1.55. The third kappa shape index (κ3) is 3.22. The molecular weight excluding hydrogens is 316 g/mol. The first-order valence-corrected chi connectivity index (χ1v) is 7.28. The fraction of sp³-hybridized carbons (Fsp3) is 0.125. The Hall–Kier alpha value is -2.73. The fourth-order valence-corrected chi connectivity index (χ4v) is 2.36. The predicted molar refractivity (Wildman–Crippen MR) is 86.9 cm³/mol. The number of aliphatic carboxylic acids is 1. The van der Waals surface area contributed by atoms with E-state index in [-0.39, 0.29) is 6.42 Å². The van der Waals surface area contributed by atoms with E-state index >= 15 is 0 Å². The van der Waals surface area contributed by atoms with Crippen LogP contribution in [0.5, 0.6) is 0 Å². The number of fused-ring (bicyclic) bond motifs is 1. The SMILES string of the molecule is Cc1ccc(Cl)cc1N=Nc1c(CC(=O)O)nc2ccccn12. The third-order valence-corrected chi connectivity index (χ3v) is 3.55. The topological polar surface area (TPSA) is 79.3 Å². The lowest BCUT2D eigenvalue weighted by atomic mass is 10.2. The van der Waals surface area contributed by atoms with Gasteiger partial charge in [0, 0.05) is 11.2 Å². The van der Waals surface area contributed by atoms with Crippen molar-refractivity contribution in [2.75, 3.05) is 0 Å². The third-order valence-electron chi connectivity index (χ3n) is 3.32. The molecular formula is C16H13ClN4O2. The lowest BCUT2D eigenvalue weighted by molar-refractivity contribution is -0.136. The number of carboxylic acids is 1. The average Bonchev–Trinajstić information content (AvgIpc) is 2.85. The Morgan fingerprint density at radius 1 is 1.30 bits per heavy atom. The molecule has 0 aliphatic rings. The highest BCUT2D eigenvalue weighted by atomic mass is 35.5. The second kappa shape index (κ2) is 6.18. The highest BCUT2D eigenvalue weighted by molar-refractivity contribution is 6.30. The monoisotopic (exact) mass is 328 g/mol. The molecule has 0 unspecified atom stereocenters. The number of carboxylic acid groups (broad SMARTS) is 1. The molecule has 1 aromatic carbocycles. The highest BCUT2D eigenvalue weighted by Gasteiger charge is 2.14. The van der Waals surface area contributed by atoms with E-state index in [4.69, 9.17) is 16.7 Å². The van der Waals surface area contributed by atoms with Crippen molar-refractivity contribution in [3.63, 3.8) is 0 Å². The Morgan fingerprint density at radius 2 is 2.13 bits per heavy atom. The molecule has 7 heteroatoms. The molecule has 0 atom stereocenters. The van der Waals surface area contributed by atoms with E-state index in [0.717, 1.165) is 5.56 Å². The van der Waals surface area contributed by atoms with Gasteiger partial charge in [-0.25, -0.2) is 4.98 Å². The molecule has 1 N–H and O–H groups in total. The van der Waals surface area contributed by atoms with Gasteiger partial charge >= 0.3 is 5.97 Å². The van der Waals surface area contributed by atoms with Crippen LogP contribution in [0, 0.1) is 6.92 Å². The van der Waals surface area contributed by atoms with Crippen molar-refractivity contribution in [2.24, 2.45) is 10.2 Å². The summed E-state index contributed by atoms with van der Waals surface area (Å²) >= 11 is 5.98. The highest BCUT2D eigenvalue weighted by Crippen LogP contribution is 2.27. The first kappa shape index (κ1) is 15.2. The molecule has 116 valence electrons. The first-order valence-electron chi connectivity index (χ1n) is 6.90. The quantitative estimate of drug-likeness (QED) is 0.723. The molecule has 0 aliphatic heterocycles. The van der Waals surface area contributed by atoms with E-state index in [1.54, 1.807) is 28.8 Å². The maximum Gasteiger partial charge on any atom is 0.309 e. The molecule has 0 saturated carbocycles. The summed E-state index contributed by atoms with van der Waals surface area (Å²) in [7, 11) is 0. The van der Waals surface area contributed by atoms with Gasteiger partial charge in [-0.3, -0.25) is 9.20 Å². The summed E-state index contributed by atoms with van der Waals surface area (Å²) in [6, 6.07) is 10.8. The van der Waals surface area contributed by atoms with Crippen LogP contribution >= 0.6 is 11.6 Å². The summed E-state index contributed by atoms with van der Waals surface area (Å²) in [5.41, 5.74) is 2.55. The number of hydrogen-bond acceptors (Lipinski definition) is 4. The molecule has 2 heterocycles. The number of nitrogens with zero attached hydrogens (tertiary/aromatic N) is 4. The minimum atomic E-state index is -0.969. The minimum Gasteiger partial charge on any atom is -0.481 e. The molecule has 2 aromatic heterocycles. The van der Waals surface area contributed by atoms with Crippen molar-refractivity contribution in [1.82, 2.24) is 9.38 Å². The first-order chi connectivity index (χ1) is 11.0. The number of carbonyl (C=O) groups is 1. The Bertz CT molecular complexity index is 918. The maximum absolute atomic E-state index is 11.0. The van der Waals surface area contributed by atoms with Crippen LogP contribution in [0.4, 0.5) is 11.5 Å². The van der Waals surface area contributed by atoms with E-state index in [2.05, 4.69) is 15.2 Å². The van der Waals surface area contributed by atoms with Gasteiger partial charge in [0.15, 0.2) is 5.82 Å². The van der Waals surface area contributed by atoms with Crippen molar-refractivity contribution in [3.8, 4) is 0 Å². The van der Waals surface area contributed by atoms with Gasteiger partial charge in [-0.15, -0.1) is 10.2 Å². The molecule has 0 aliphatic carbocycles. The number of hydrogen-bond donors (Lipinski definition) is 1. The van der Waals surface area contributed by atoms with Gasteiger partial charge in [-0.05, 0) is 36.8 Å². The van der Waals surface area contributed by atoms with Gasteiger partial charge in [0.2, 0.25) is 0 Å². The average molecular weight is 329 g/mol. The van der Waals surface area contributed by atoms with Crippen LogP contribution in [0.25, 0.3) is 5.65 Å². The van der Waals surface area contributed by atoms with E-state index in [1.807, 2.05) is 25.1 Å². The van der Waals surface area contributed by atoms with Gasteiger partial charge < -0.3 is 5.11 Å². The normalized spacial score (nSPS) is 11.4. The fourth-order valence-electron chi connectivity index (χ4n) is 2.19. The Kier molecular flexibility index (Phi) is 4.08. The number of aryl methyl sites for hydroxylation is 1. The van der Waals surface area contributed by atoms with Gasteiger partial charge in [0.05, 0.1) is 17.8 Å². The van der Waals surface area contributed by atoms with Crippen LogP contribution < -0.4 is 0 Å². The van der Waals surface area contributed by atoms with Crippen LogP contribution in [0.2, 0.25) is 5.02 Å². The molecule has 0 bridgehead atoms. The van der Waals surface area contributed by atoms with Crippen molar-refractivity contribution in [1.29, 1.82) is 0 Å². The van der Waals surface area contributed by atoms with Gasteiger partial charge in [-0.2, -0.15) is 0 Å². The summed E-state index contributed by atoms with van der Waals surface area (Å²) < 4.78 is 1.71. The zero-order chi connectivity index (χ0) is 16.4. The van der Waals surface area contributed by atoms with E-state index in [1.165, 1.54) is 0 Å². The summed E-state index contributed by atoms with van der Waals surface area (Å²) in [4.78, 5) is 15.3. The predicted octanol–water partition coefficient (Wildman–Crippen LogP) is 4.34. The van der Waals surface area contributed by atoms with Crippen LogP contribution in [-0.4, -0.2) is 20.5 Å². The van der Waals surface area contributed by atoms with Gasteiger partial charge in [-0.1, -0.05) is 23.7 Å². The second-order valence-corrected chi connectivity index (χ2v) is 5.45. The molecule has 0 fully saturated rings. The zero-order valence-electron chi connectivity index (χ0n) is 12.3. The largest absolute Gasteiger partial charge is 0.481 e. The molecule has 23 heavy (non-hydrogen) atoms. The van der Waals surface area contributed by atoms with Crippen LogP contribution in [-0.2, 0) is 11.2 Å². The Labute approximate surface area is 137 Å². The zero-order valence-corrected chi connectivity index (χ0v) is 13.0. The van der Waals surface area contributed by atoms with Crippen LogP contribution in [0.1, 0.15) is 11.3 Å². The number of halogens is 1. The van der Waals surface area contributed by atoms with E-state index in [9.17, 15) is 4.79 Å². The second-order valence-electron chi connectivity index (χ2n) is 5.01. The summed E-state index contributed by atoms with van der Waals surface area (Å²) in [6.45, 7) is 1.90. The van der Waals surface area contributed by atoms with Crippen molar-refractivity contribution >= 4 is 34.7 Å². The van der Waals surface area contributed by atoms with E-state index < -0.39 is 5.97 Å². The van der Waals surface area contributed by atoms with Gasteiger partial charge in [0.1, 0.15) is 5.65 Å². The number of rotatable bonds is 4. The number of imidazole rings is 1. The number of aromatic nitrogens is 2. The molecule has 0 amide bonds. The Morgan fingerprint density at radius 3 is 2.91 bits per heavy atom. The number of pyridine rings is 1. The van der Waals surface area contributed by atoms with Gasteiger partial charge in [0.25, 0.3) is 0 Å². The van der Waals surface area contributed by atoms with E-state index in [0.29, 0.717) is 27.9 Å². The summed E-state index contributed by atoms with van der Waals surface area (Å²) in [5.74, 6) is -0.564. The van der Waals surface area contributed by atoms with Crippen LogP contribution in [0.3, 0.4) is 0 Å². The molecule has 3 aromatic rings. The van der Waals surface area contributed by atoms with Crippen molar-refractivity contribution in [3.05, 3.63) is 58.9 Å². The van der Waals surface area contributed by atoms with Crippen LogP contribution in [0.15, 0.2) is 52.8 Å². The standard InChI is InChI=1S/C16H13ClN4O2/c1-10-5-6-11(17)8-12(10)19-20-16-13(9-15(22)23)18-14-4-2-3-7-21(14)16/h2-8H,9H2,1H3,(H,22,23). The molecule has 0 saturated heterocycles. The Balaban J connectivity index is 2.09. The molecule has 0 spiro atoms. The minimum absolute atomic E-state index is 0.218. The van der Waals surface area contributed by atoms with Crippen molar-refractivity contribution in [2.45, 2.75) is 13.3 Å². The maximum atomic E-state index is 11.0.